The summed E-state index contributed by atoms with van der Waals surface area (Å²) in [5.41, 5.74) is -0.103. The number of ether oxygens (including phenoxy) is 1. The molecule has 0 amide bonds. The fraction of sp³-hybridized carbons (Fsp3) is 0.909. The molecule has 1 aliphatic carbocycles. The molecule has 2 nitrogen and oxygen atoms in total. The molecule has 0 radical (unpaired) electrons. The Balaban J connectivity index is 1.88. The van der Waals surface area contributed by atoms with Crippen LogP contribution in [0.4, 0.5) is 0 Å². The van der Waals surface area contributed by atoms with Crippen LogP contribution in [0.3, 0.4) is 0 Å². The second-order valence-corrected chi connectivity index (χ2v) is 4.65. The van der Waals surface area contributed by atoms with Gasteiger partial charge in [0.05, 0.1) is 12.0 Å². The first kappa shape index (κ1) is 9.20. The maximum Gasteiger partial charge on any atom is 0.128 e. The van der Waals surface area contributed by atoms with Crippen molar-refractivity contribution in [2.24, 2.45) is 17.3 Å². The van der Waals surface area contributed by atoms with Crippen molar-refractivity contribution in [3.63, 3.8) is 0 Å². The third-order valence-corrected chi connectivity index (χ3v) is 3.65. The van der Waals surface area contributed by atoms with Gasteiger partial charge >= 0.3 is 0 Å². The van der Waals surface area contributed by atoms with Gasteiger partial charge in [0, 0.05) is 6.61 Å². The molecule has 0 aromatic carbocycles. The standard InChI is InChI=1S/C11H18O2/c1-2-9-5-10(9)6-11(7-12)3-4-13-8-11/h7,9-10H,2-6,8H2,1H3. The Morgan fingerprint density at radius 3 is 2.85 bits per heavy atom. The van der Waals surface area contributed by atoms with Crippen LogP contribution in [0.5, 0.6) is 0 Å². The number of hydrogen-bond acceptors (Lipinski definition) is 2. The van der Waals surface area contributed by atoms with E-state index in [9.17, 15) is 4.79 Å². The average molecular weight is 182 g/mol. The van der Waals surface area contributed by atoms with Crippen molar-refractivity contribution in [2.45, 2.75) is 32.6 Å². The van der Waals surface area contributed by atoms with E-state index in [0.29, 0.717) is 6.61 Å². The van der Waals surface area contributed by atoms with E-state index in [0.717, 1.165) is 37.6 Å². The van der Waals surface area contributed by atoms with Crippen LogP contribution >= 0.6 is 0 Å². The normalized spacial score (nSPS) is 43.5. The Kier molecular flexibility index (Phi) is 2.41. The lowest BCUT2D eigenvalue weighted by molar-refractivity contribution is -0.116. The van der Waals surface area contributed by atoms with Crippen molar-refractivity contribution in [2.75, 3.05) is 13.2 Å². The van der Waals surface area contributed by atoms with Crippen LogP contribution < -0.4 is 0 Å². The molecule has 0 spiro atoms. The van der Waals surface area contributed by atoms with Crippen LogP contribution in [0, 0.1) is 17.3 Å². The van der Waals surface area contributed by atoms with E-state index in [-0.39, 0.29) is 5.41 Å². The van der Waals surface area contributed by atoms with Gasteiger partial charge in [-0.25, -0.2) is 0 Å². The molecule has 1 aliphatic heterocycles. The lowest BCUT2D eigenvalue weighted by Gasteiger charge is -2.19. The molecule has 0 N–H and O–H groups in total. The fourth-order valence-electron chi connectivity index (χ4n) is 2.51. The van der Waals surface area contributed by atoms with E-state index >= 15 is 0 Å². The molecular weight excluding hydrogens is 164 g/mol. The molecule has 1 saturated heterocycles. The van der Waals surface area contributed by atoms with Crippen molar-refractivity contribution >= 4 is 6.29 Å². The summed E-state index contributed by atoms with van der Waals surface area (Å²) in [6.45, 7) is 3.69. The predicted octanol–water partition coefficient (Wildman–Crippen LogP) is 2.03. The molecule has 0 aromatic heterocycles. The van der Waals surface area contributed by atoms with Crippen molar-refractivity contribution in [3.8, 4) is 0 Å². The van der Waals surface area contributed by atoms with Crippen LogP contribution in [-0.2, 0) is 9.53 Å². The third kappa shape index (κ3) is 1.78. The molecule has 13 heavy (non-hydrogen) atoms. The van der Waals surface area contributed by atoms with Gasteiger partial charge in [0.15, 0.2) is 0 Å². The summed E-state index contributed by atoms with van der Waals surface area (Å²) in [7, 11) is 0. The van der Waals surface area contributed by atoms with Crippen LogP contribution in [0.25, 0.3) is 0 Å². The van der Waals surface area contributed by atoms with Gasteiger partial charge in [0.25, 0.3) is 0 Å². The van der Waals surface area contributed by atoms with E-state index in [1.807, 2.05) is 0 Å². The molecule has 74 valence electrons. The molecule has 3 unspecified atom stereocenters. The van der Waals surface area contributed by atoms with E-state index < -0.39 is 0 Å². The number of hydrogen-bond donors (Lipinski definition) is 0. The number of carbonyl (C=O) groups excluding carboxylic acids is 1. The summed E-state index contributed by atoms with van der Waals surface area (Å²) in [5.74, 6) is 1.72. The van der Waals surface area contributed by atoms with Gasteiger partial charge in [-0.15, -0.1) is 0 Å². The minimum atomic E-state index is -0.103. The monoisotopic (exact) mass is 182 g/mol. The van der Waals surface area contributed by atoms with E-state index in [1.54, 1.807) is 0 Å². The SMILES string of the molecule is CCC1CC1CC1(C=O)CCOC1. The molecule has 3 atom stereocenters. The summed E-state index contributed by atoms with van der Waals surface area (Å²) in [4.78, 5) is 11.0. The largest absolute Gasteiger partial charge is 0.380 e. The number of carbonyl (C=O) groups is 1. The highest BCUT2D eigenvalue weighted by molar-refractivity contribution is 5.60. The van der Waals surface area contributed by atoms with Gasteiger partial charge in [0.2, 0.25) is 0 Å². The molecule has 0 aromatic rings. The fourth-order valence-corrected chi connectivity index (χ4v) is 2.51. The molecule has 0 bridgehead atoms. The topological polar surface area (TPSA) is 26.3 Å². The minimum Gasteiger partial charge on any atom is -0.380 e. The smallest absolute Gasteiger partial charge is 0.128 e. The highest BCUT2D eigenvalue weighted by Crippen LogP contribution is 2.49. The van der Waals surface area contributed by atoms with Crippen molar-refractivity contribution < 1.29 is 9.53 Å². The van der Waals surface area contributed by atoms with Gasteiger partial charge < -0.3 is 9.53 Å². The van der Waals surface area contributed by atoms with Crippen molar-refractivity contribution in [3.05, 3.63) is 0 Å². The number of aldehydes is 1. The highest BCUT2D eigenvalue weighted by atomic mass is 16.5. The van der Waals surface area contributed by atoms with Gasteiger partial charge in [-0.05, 0) is 31.1 Å². The van der Waals surface area contributed by atoms with Crippen LogP contribution in [-0.4, -0.2) is 19.5 Å². The second kappa shape index (κ2) is 3.41. The lowest BCUT2D eigenvalue weighted by Crippen LogP contribution is -2.23. The molecule has 2 fully saturated rings. The molecule has 2 rings (SSSR count). The zero-order valence-electron chi connectivity index (χ0n) is 8.29. The maximum atomic E-state index is 11.0. The Hall–Kier alpha value is -0.370. The summed E-state index contributed by atoms with van der Waals surface area (Å²) in [5, 5.41) is 0. The summed E-state index contributed by atoms with van der Waals surface area (Å²) < 4.78 is 5.32. The first-order chi connectivity index (χ1) is 6.29. The Labute approximate surface area is 79.7 Å². The Morgan fingerprint density at radius 1 is 1.54 bits per heavy atom. The zero-order valence-corrected chi connectivity index (χ0v) is 8.29. The number of rotatable bonds is 4. The van der Waals surface area contributed by atoms with Crippen molar-refractivity contribution in [1.82, 2.24) is 0 Å². The molecule has 1 saturated carbocycles. The van der Waals surface area contributed by atoms with Gasteiger partial charge in [-0.2, -0.15) is 0 Å². The van der Waals surface area contributed by atoms with E-state index in [1.165, 1.54) is 12.8 Å². The van der Waals surface area contributed by atoms with Crippen LogP contribution in [0.2, 0.25) is 0 Å². The summed E-state index contributed by atoms with van der Waals surface area (Å²) in [6, 6.07) is 0. The highest BCUT2D eigenvalue weighted by Gasteiger charge is 2.44. The summed E-state index contributed by atoms with van der Waals surface area (Å²) in [6.07, 6.45) is 5.79. The van der Waals surface area contributed by atoms with Gasteiger partial charge in [-0.1, -0.05) is 13.3 Å². The molecule has 2 aliphatic rings. The Morgan fingerprint density at radius 2 is 2.38 bits per heavy atom. The third-order valence-electron chi connectivity index (χ3n) is 3.65. The predicted molar refractivity (Wildman–Crippen MR) is 50.4 cm³/mol. The first-order valence-corrected chi connectivity index (χ1v) is 5.34. The van der Waals surface area contributed by atoms with Crippen LogP contribution in [0.15, 0.2) is 0 Å². The Bertz CT molecular complexity index is 194. The lowest BCUT2D eigenvalue weighted by atomic mass is 9.83. The van der Waals surface area contributed by atoms with E-state index in [2.05, 4.69) is 6.92 Å². The van der Waals surface area contributed by atoms with Gasteiger partial charge in [-0.3, -0.25) is 0 Å². The molecule has 1 heterocycles. The van der Waals surface area contributed by atoms with Crippen molar-refractivity contribution in [1.29, 1.82) is 0 Å². The second-order valence-electron chi connectivity index (χ2n) is 4.65. The molecule has 2 heteroatoms. The van der Waals surface area contributed by atoms with E-state index in [4.69, 9.17) is 4.74 Å². The average Bonchev–Trinajstić information content (AvgIpc) is 2.72. The summed E-state index contributed by atoms with van der Waals surface area (Å²) >= 11 is 0. The van der Waals surface area contributed by atoms with Crippen LogP contribution in [0.1, 0.15) is 32.6 Å². The zero-order chi connectivity index (χ0) is 9.31. The molecular formula is C11H18O2. The quantitative estimate of drug-likeness (QED) is 0.622. The maximum absolute atomic E-state index is 11.0. The minimum absolute atomic E-state index is 0.103. The van der Waals surface area contributed by atoms with Gasteiger partial charge in [0.1, 0.15) is 6.29 Å². The first-order valence-electron chi connectivity index (χ1n) is 5.34.